The lowest BCUT2D eigenvalue weighted by molar-refractivity contribution is 0.627. The van der Waals surface area contributed by atoms with E-state index in [9.17, 15) is 4.39 Å². The van der Waals surface area contributed by atoms with Crippen LogP contribution < -0.4 is 0 Å². The van der Waals surface area contributed by atoms with Gasteiger partial charge in [-0.25, -0.2) is 4.39 Å². The predicted molar refractivity (Wildman–Crippen MR) is 56.3 cm³/mol. The monoisotopic (exact) mass is 185 g/mol. The zero-order chi connectivity index (χ0) is 9.97. The minimum absolute atomic E-state index is 0.241. The molecular weight excluding hydrogens is 175 g/mol. The molecule has 1 radical (unpaired) electrons. The third-order valence-electron chi connectivity index (χ3n) is 2.15. The van der Waals surface area contributed by atoms with E-state index in [1.165, 1.54) is 12.1 Å². The standard InChI is InChI=1S/C13H10F/c1-10-9-12(14)7-8-13(10)11-5-3-2-4-6-11/h2-9H,1H2. The average Bonchev–Trinajstić information content (AvgIpc) is 2.19. The fourth-order valence-electron chi connectivity index (χ4n) is 1.46. The lowest BCUT2D eigenvalue weighted by atomic mass is 10.0. The van der Waals surface area contributed by atoms with Crippen molar-refractivity contribution in [2.75, 3.05) is 0 Å². The molecular formula is C13H10F. The molecule has 0 aliphatic heterocycles. The van der Waals surface area contributed by atoms with Crippen LogP contribution in [0.1, 0.15) is 5.56 Å². The summed E-state index contributed by atoms with van der Waals surface area (Å²) in [7, 11) is 0. The van der Waals surface area contributed by atoms with Crippen molar-refractivity contribution in [1.29, 1.82) is 0 Å². The molecule has 0 aromatic heterocycles. The molecule has 0 amide bonds. The molecule has 0 unspecified atom stereocenters. The van der Waals surface area contributed by atoms with E-state index in [4.69, 9.17) is 0 Å². The van der Waals surface area contributed by atoms with Crippen LogP contribution in [0.25, 0.3) is 11.1 Å². The van der Waals surface area contributed by atoms with Crippen LogP contribution in [0, 0.1) is 12.7 Å². The van der Waals surface area contributed by atoms with Gasteiger partial charge in [0.2, 0.25) is 0 Å². The summed E-state index contributed by atoms with van der Waals surface area (Å²) in [6, 6.07) is 14.5. The van der Waals surface area contributed by atoms with Gasteiger partial charge in [-0.2, -0.15) is 0 Å². The van der Waals surface area contributed by atoms with E-state index in [0.29, 0.717) is 0 Å². The zero-order valence-corrected chi connectivity index (χ0v) is 7.70. The predicted octanol–water partition coefficient (Wildman–Crippen LogP) is 3.67. The van der Waals surface area contributed by atoms with Crippen molar-refractivity contribution in [1.82, 2.24) is 0 Å². The Morgan fingerprint density at radius 3 is 2.29 bits per heavy atom. The summed E-state index contributed by atoms with van der Waals surface area (Å²) in [4.78, 5) is 0. The van der Waals surface area contributed by atoms with Gasteiger partial charge in [-0.15, -0.1) is 0 Å². The Hall–Kier alpha value is -1.63. The summed E-state index contributed by atoms with van der Waals surface area (Å²) >= 11 is 0. The molecule has 0 saturated carbocycles. The SMILES string of the molecule is [CH2]c1cc(F)ccc1-c1ccccc1. The first-order valence-corrected chi connectivity index (χ1v) is 4.44. The molecule has 0 N–H and O–H groups in total. The molecule has 0 fully saturated rings. The van der Waals surface area contributed by atoms with Crippen molar-refractivity contribution in [2.45, 2.75) is 0 Å². The Morgan fingerprint density at radius 1 is 0.929 bits per heavy atom. The van der Waals surface area contributed by atoms with Crippen LogP contribution in [-0.4, -0.2) is 0 Å². The van der Waals surface area contributed by atoms with Crippen LogP contribution in [-0.2, 0) is 0 Å². The fourth-order valence-corrected chi connectivity index (χ4v) is 1.46. The summed E-state index contributed by atoms with van der Waals surface area (Å²) in [6.45, 7) is 3.82. The maximum atomic E-state index is 12.8. The third-order valence-corrected chi connectivity index (χ3v) is 2.15. The highest BCUT2D eigenvalue weighted by Crippen LogP contribution is 2.23. The Balaban J connectivity index is 2.53. The van der Waals surface area contributed by atoms with Crippen molar-refractivity contribution in [3.05, 3.63) is 66.8 Å². The lowest BCUT2D eigenvalue weighted by Gasteiger charge is -2.05. The largest absolute Gasteiger partial charge is 0.207 e. The van der Waals surface area contributed by atoms with Gasteiger partial charge >= 0.3 is 0 Å². The molecule has 69 valence electrons. The van der Waals surface area contributed by atoms with Crippen molar-refractivity contribution >= 4 is 0 Å². The highest BCUT2D eigenvalue weighted by molar-refractivity contribution is 5.67. The maximum absolute atomic E-state index is 12.8. The molecule has 0 spiro atoms. The fraction of sp³-hybridized carbons (Fsp3) is 0. The highest BCUT2D eigenvalue weighted by Gasteiger charge is 2.01. The van der Waals surface area contributed by atoms with Gasteiger partial charge in [-0.05, 0) is 35.7 Å². The van der Waals surface area contributed by atoms with E-state index in [-0.39, 0.29) is 5.82 Å². The summed E-state index contributed by atoms with van der Waals surface area (Å²) in [5, 5.41) is 0. The molecule has 0 saturated heterocycles. The summed E-state index contributed by atoms with van der Waals surface area (Å²) < 4.78 is 12.8. The van der Waals surface area contributed by atoms with Crippen molar-refractivity contribution in [2.24, 2.45) is 0 Å². The second-order valence-corrected chi connectivity index (χ2v) is 3.17. The van der Waals surface area contributed by atoms with Gasteiger partial charge in [0.25, 0.3) is 0 Å². The minimum Gasteiger partial charge on any atom is -0.207 e. The van der Waals surface area contributed by atoms with E-state index < -0.39 is 0 Å². The van der Waals surface area contributed by atoms with E-state index in [1.807, 2.05) is 30.3 Å². The van der Waals surface area contributed by atoms with Gasteiger partial charge in [-0.3, -0.25) is 0 Å². The van der Waals surface area contributed by atoms with Gasteiger partial charge in [0.1, 0.15) is 5.82 Å². The Labute approximate surface area is 83.0 Å². The molecule has 0 atom stereocenters. The highest BCUT2D eigenvalue weighted by atomic mass is 19.1. The second-order valence-electron chi connectivity index (χ2n) is 3.17. The average molecular weight is 185 g/mol. The van der Waals surface area contributed by atoms with Crippen molar-refractivity contribution < 1.29 is 4.39 Å². The normalized spacial score (nSPS) is 10.1. The minimum atomic E-state index is -0.241. The molecule has 2 aromatic carbocycles. The van der Waals surface area contributed by atoms with E-state index in [2.05, 4.69) is 6.92 Å². The molecule has 2 aromatic rings. The summed E-state index contributed by atoms with van der Waals surface area (Å²) in [6.07, 6.45) is 0. The smallest absolute Gasteiger partial charge is 0.123 e. The number of rotatable bonds is 1. The zero-order valence-electron chi connectivity index (χ0n) is 7.70. The first-order valence-electron chi connectivity index (χ1n) is 4.44. The number of hydrogen-bond donors (Lipinski definition) is 0. The number of benzene rings is 2. The first kappa shape index (κ1) is 8.95. The molecule has 0 aliphatic rings. The number of hydrogen-bond acceptors (Lipinski definition) is 0. The summed E-state index contributed by atoms with van der Waals surface area (Å²) in [5.41, 5.74) is 2.76. The van der Waals surface area contributed by atoms with E-state index in [1.54, 1.807) is 6.07 Å². The topological polar surface area (TPSA) is 0 Å². The van der Waals surface area contributed by atoms with Crippen LogP contribution in [0.2, 0.25) is 0 Å². The van der Waals surface area contributed by atoms with Gasteiger partial charge in [0, 0.05) is 0 Å². The Kier molecular flexibility index (Phi) is 2.32. The molecule has 0 bridgehead atoms. The third kappa shape index (κ3) is 1.67. The van der Waals surface area contributed by atoms with Gasteiger partial charge in [0.15, 0.2) is 0 Å². The quantitative estimate of drug-likeness (QED) is 0.635. The Bertz CT molecular complexity index is 432. The second kappa shape index (κ2) is 3.62. The van der Waals surface area contributed by atoms with Gasteiger partial charge < -0.3 is 0 Å². The molecule has 0 heterocycles. The summed E-state index contributed by atoms with van der Waals surface area (Å²) in [5.74, 6) is -0.241. The molecule has 1 heteroatoms. The maximum Gasteiger partial charge on any atom is 0.123 e. The van der Waals surface area contributed by atoms with Crippen LogP contribution >= 0.6 is 0 Å². The van der Waals surface area contributed by atoms with Crippen LogP contribution in [0.5, 0.6) is 0 Å². The molecule has 0 nitrogen and oxygen atoms in total. The van der Waals surface area contributed by atoms with E-state index in [0.717, 1.165) is 16.7 Å². The molecule has 0 aliphatic carbocycles. The van der Waals surface area contributed by atoms with Crippen molar-refractivity contribution in [3.63, 3.8) is 0 Å². The van der Waals surface area contributed by atoms with Gasteiger partial charge in [0.05, 0.1) is 0 Å². The number of halogens is 1. The van der Waals surface area contributed by atoms with Gasteiger partial charge in [-0.1, -0.05) is 36.4 Å². The Morgan fingerprint density at radius 2 is 1.64 bits per heavy atom. The van der Waals surface area contributed by atoms with Crippen molar-refractivity contribution in [3.8, 4) is 11.1 Å². The van der Waals surface area contributed by atoms with Crippen LogP contribution in [0.15, 0.2) is 48.5 Å². The van der Waals surface area contributed by atoms with Crippen LogP contribution in [0.3, 0.4) is 0 Å². The molecule has 14 heavy (non-hydrogen) atoms. The lowest BCUT2D eigenvalue weighted by Crippen LogP contribution is -1.84. The first-order chi connectivity index (χ1) is 6.77. The van der Waals surface area contributed by atoms with Crippen LogP contribution in [0.4, 0.5) is 4.39 Å². The van der Waals surface area contributed by atoms with E-state index >= 15 is 0 Å². The molecule has 2 rings (SSSR count).